The Kier molecular flexibility index (Phi) is 4.58. The largest absolute Gasteiger partial charge is 0.478 e. The summed E-state index contributed by atoms with van der Waals surface area (Å²) in [4.78, 5) is 29.2. The van der Waals surface area contributed by atoms with Gasteiger partial charge in [-0.05, 0) is 49.2 Å². The number of fused-ring (bicyclic) bond motifs is 2. The fourth-order valence-corrected chi connectivity index (χ4v) is 5.63. The van der Waals surface area contributed by atoms with Gasteiger partial charge in [0.25, 0.3) is 0 Å². The molecule has 0 unspecified atom stereocenters. The van der Waals surface area contributed by atoms with Crippen LogP contribution in [0.4, 0.5) is 0 Å². The summed E-state index contributed by atoms with van der Waals surface area (Å²) in [6.07, 6.45) is 0. The van der Waals surface area contributed by atoms with Crippen molar-refractivity contribution in [2.45, 2.75) is 33.4 Å². The third kappa shape index (κ3) is 3.17. The number of carbonyl (C=O) groups excluding carboxylic acids is 1. The van der Waals surface area contributed by atoms with Crippen molar-refractivity contribution in [2.75, 3.05) is 0 Å². The SMILES string of the molecule is Cc1cc2c(cc1C(=O)c1ccccc1C(=O)O)Sc1c(C)cccc1S2. The first-order valence-electron chi connectivity index (χ1n) is 8.42. The molecule has 27 heavy (non-hydrogen) atoms. The summed E-state index contributed by atoms with van der Waals surface area (Å²) in [5.74, 6) is -1.35. The van der Waals surface area contributed by atoms with Gasteiger partial charge in [-0.1, -0.05) is 53.9 Å². The first-order valence-corrected chi connectivity index (χ1v) is 10.1. The minimum Gasteiger partial charge on any atom is -0.478 e. The van der Waals surface area contributed by atoms with Crippen molar-refractivity contribution in [3.63, 3.8) is 0 Å². The van der Waals surface area contributed by atoms with Gasteiger partial charge in [-0.25, -0.2) is 4.79 Å². The molecule has 0 atom stereocenters. The monoisotopic (exact) mass is 392 g/mol. The molecule has 0 fully saturated rings. The molecule has 1 aliphatic heterocycles. The van der Waals surface area contributed by atoms with E-state index < -0.39 is 5.97 Å². The van der Waals surface area contributed by atoms with Crippen molar-refractivity contribution < 1.29 is 14.7 Å². The maximum atomic E-state index is 13.1. The summed E-state index contributed by atoms with van der Waals surface area (Å²) in [7, 11) is 0. The van der Waals surface area contributed by atoms with Gasteiger partial charge in [-0.15, -0.1) is 0 Å². The number of aryl methyl sites for hydroxylation is 2. The highest BCUT2D eigenvalue weighted by atomic mass is 32.2. The molecule has 0 radical (unpaired) electrons. The second-order valence-electron chi connectivity index (χ2n) is 6.40. The third-order valence-corrected chi connectivity index (χ3v) is 7.23. The Hall–Kier alpha value is -2.50. The maximum absolute atomic E-state index is 13.1. The van der Waals surface area contributed by atoms with Crippen LogP contribution in [0.3, 0.4) is 0 Å². The van der Waals surface area contributed by atoms with Crippen LogP contribution in [-0.2, 0) is 0 Å². The Balaban J connectivity index is 1.79. The van der Waals surface area contributed by atoms with Crippen LogP contribution >= 0.6 is 23.5 Å². The van der Waals surface area contributed by atoms with Gasteiger partial charge in [0.05, 0.1) is 5.56 Å². The van der Waals surface area contributed by atoms with Crippen molar-refractivity contribution in [2.24, 2.45) is 0 Å². The van der Waals surface area contributed by atoms with Crippen molar-refractivity contribution in [1.82, 2.24) is 0 Å². The highest BCUT2D eigenvalue weighted by Crippen LogP contribution is 2.50. The van der Waals surface area contributed by atoms with Gasteiger partial charge in [0.2, 0.25) is 0 Å². The minimum atomic E-state index is -1.09. The number of carboxylic acid groups (broad SMARTS) is 1. The molecule has 0 saturated heterocycles. The Morgan fingerprint density at radius 1 is 0.741 bits per heavy atom. The smallest absolute Gasteiger partial charge is 0.336 e. The van der Waals surface area contributed by atoms with E-state index in [0.29, 0.717) is 5.56 Å². The van der Waals surface area contributed by atoms with E-state index in [1.165, 1.54) is 21.4 Å². The average Bonchev–Trinajstić information content (AvgIpc) is 2.66. The van der Waals surface area contributed by atoms with Crippen molar-refractivity contribution >= 4 is 35.3 Å². The predicted octanol–water partition coefficient (Wildman–Crippen LogP) is 5.85. The molecule has 1 aliphatic rings. The fraction of sp³-hybridized carbons (Fsp3) is 0.0909. The van der Waals surface area contributed by atoms with Gasteiger partial charge in [0.15, 0.2) is 5.78 Å². The molecule has 0 aromatic heterocycles. The van der Waals surface area contributed by atoms with E-state index in [2.05, 4.69) is 25.1 Å². The van der Waals surface area contributed by atoms with E-state index in [-0.39, 0.29) is 16.9 Å². The van der Waals surface area contributed by atoms with E-state index in [1.54, 1.807) is 41.7 Å². The van der Waals surface area contributed by atoms with Gasteiger partial charge in [0, 0.05) is 30.7 Å². The predicted molar refractivity (Wildman–Crippen MR) is 107 cm³/mol. The zero-order chi connectivity index (χ0) is 19.1. The van der Waals surface area contributed by atoms with E-state index in [0.717, 1.165) is 15.4 Å². The van der Waals surface area contributed by atoms with Gasteiger partial charge in [0.1, 0.15) is 0 Å². The number of rotatable bonds is 3. The van der Waals surface area contributed by atoms with E-state index in [9.17, 15) is 14.7 Å². The number of carbonyl (C=O) groups is 2. The van der Waals surface area contributed by atoms with E-state index >= 15 is 0 Å². The third-order valence-electron chi connectivity index (χ3n) is 4.55. The van der Waals surface area contributed by atoms with Gasteiger partial charge < -0.3 is 5.11 Å². The van der Waals surface area contributed by atoms with Crippen LogP contribution in [-0.4, -0.2) is 16.9 Å². The first kappa shape index (κ1) is 17.9. The maximum Gasteiger partial charge on any atom is 0.336 e. The van der Waals surface area contributed by atoms with Crippen LogP contribution in [0.25, 0.3) is 0 Å². The highest BCUT2D eigenvalue weighted by molar-refractivity contribution is 8.05. The van der Waals surface area contributed by atoms with Crippen LogP contribution in [0.1, 0.15) is 37.4 Å². The number of aromatic carboxylic acids is 1. The van der Waals surface area contributed by atoms with E-state index in [1.807, 2.05) is 19.1 Å². The van der Waals surface area contributed by atoms with Gasteiger partial charge in [-0.3, -0.25) is 4.79 Å². The zero-order valence-electron chi connectivity index (χ0n) is 14.8. The first-order chi connectivity index (χ1) is 13.0. The second-order valence-corrected chi connectivity index (χ2v) is 8.54. The minimum absolute atomic E-state index is 0.0304. The number of ketones is 1. The van der Waals surface area contributed by atoms with Crippen molar-refractivity contribution in [3.8, 4) is 0 Å². The molecule has 1 N–H and O–H groups in total. The number of benzene rings is 3. The Morgan fingerprint density at radius 2 is 1.44 bits per heavy atom. The molecule has 0 saturated carbocycles. The molecular formula is C22H16O3S2. The quantitative estimate of drug-likeness (QED) is 0.443. The Morgan fingerprint density at radius 3 is 2.19 bits per heavy atom. The average molecular weight is 393 g/mol. The summed E-state index contributed by atoms with van der Waals surface area (Å²) in [6.45, 7) is 3.98. The van der Waals surface area contributed by atoms with Gasteiger partial charge >= 0.3 is 5.97 Å². The second kappa shape index (κ2) is 6.91. The van der Waals surface area contributed by atoms with Crippen LogP contribution in [0.2, 0.25) is 0 Å². The Labute approximate surface area is 165 Å². The van der Waals surface area contributed by atoms with Crippen LogP contribution in [0.5, 0.6) is 0 Å². The number of hydrogen-bond acceptors (Lipinski definition) is 4. The number of hydrogen-bond donors (Lipinski definition) is 1. The standard InChI is InChI=1S/C22H16O3S2/c1-12-6-5-9-17-21(12)27-19-11-16(13(2)10-18(19)26-17)20(23)14-7-3-4-8-15(14)22(24)25/h3-11H,1-2H3,(H,24,25). The van der Waals surface area contributed by atoms with Crippen LogP contribution in [0.15, 0.2) is 74.2 Å². The molecule has 3 aromatic carbocycles. The fourth-order valence-electron chi connectivity index (χ4n) is 3.14. The summed E-state index contributed by atoms with van der Waals surface area (Å²) >= 11 is 3.37. The summed E-state index contributed by atoms with van der Waals surface area (Å²) in [6, 6.07) is 16.5. The van der Waals surface area contributed by atoms with Crippen LogP contribution < -0.4 is 0 Å². The highest BCUT2D eigenvalue weighted by Gasteiger charge is 2.24. The molecule has 3 nitrogen and oxygen atoms in total. The topological polar surface area (TPSA) is 54.4 Å². The molecule has 1 heterocycles. The molecule has 0 spiro atoms. The lowest BCUT2D eigenvalue weighted by Gasteiger charge is -2.21. The lowest BCUT2D eigenvalue weighted by atomic mass is 9.95. The molecule has 0 amide bonds. The summed E-state index contributed by atoms with van der Waals surface area (Å²) in [5.41, 5.74) is 2.86. The Bertz CT molecular complexity index is 1100. The molecule has 4 rings (SSSR count). The molecule has 0 aliphatic carbocycles. The van der Waals surface area contributed by atoms with Crippen LogP contribution in [0, 0.1) is 13.8 Å². The summed E-state index contributed by atoms with van der Waals surface area (Å²) in [5, 5.41) is 9.40. The molecule has 134 valence electrons. The van der Waals surface area contributed by atoms with Crippen molar-refractivity contribution in [1.29, 1.82) is 0 Å². The lowest BCUT2D eigenvalue weighted by molar-refractivity contribution is 0.0692. The lowest BCUT2D eigenvalue weighted by Crippen LogP contribution is -2.11. The normalized spacial score (nSPS) is 12.2. The van der Waals surface area contributed by atoms with E-state index in [4.69, 9.17) is 0 Å². The van der Waals surface area contributed by atoms with Crippen molar-refractivity contribution in [3.05, 3.63) is 82.4 Å². The van der Waals surface area contributed by atoms with Gasteiger partial charge in [-0.2, -0.15) is 0 Å². The zero-order valence-corrected chi connectivity index (χ0v) is 16.4. The number of carboxylic acids is 1. The molecule has 3 aromatic rings. The molecule has 0 bridgehead atoms. The molecular weight excluding hydrogens is 376 g/mol. The summed E-state index contributed by atoms with van der Waals surface area (Å²) < 4.78 is 0. The molecule has 5 heteroatoms.